The van der Waals surface area contributed by atoms with Crippen LogP contribution in [0.15, 0.2) is 11.1 Å². The van der Waals surface area contributed by atoms with Crippen LogP contribution in [0.4, 0.5) is 0 Å². The highest BCUT2D eigenvalue weighted by Crippen LogP contribution is 2.33. The Morgan fingerprint density at radius 3 is 2.78 bits per heavy atom. The van der Waals surface area contributed by atoms with Crippen LogP contribution in [-0.2, 0) is 22.9 Å². The monoisotopic (exact) mass is 284 g/mol. The molecule has 7 heteroatoms. The van der Waals surface area contributed by atoms with Gasteiger partial charge in [-0.1, -0.05) is 0 Å². The summed E-state index contributed by atoms with van der Waals surface area (Å²) >= 11 is 1.51. The molecule has 0 radical (unpaired) electrons. The van der Waals surface area contributed by atoms with Crippen molar-refractivity contribution in [2.75, 3.05) is 6.26 Å². The molecule has 0 N–H and O–H groups in total. The number of hydrogen-bond donors (Lipinski definition) is 0. The number of hydrogen-bond acceptors (Lipinski definition) is 5. The van der Waals surface area contributed by atoms with Crippen LogP contribution in [0.2, 0.25) is 0 Å². The zero-order chi connectivity index (χ0) is 12.9. The summed E-state index contributed by atoms with van der Waals surface area (Å²) in [5.41, 5.74) is 0.554. The maximum atomic E-state index is 12.3. The van der Waals surface area contributed by atoms with E-state index in [1.807, 2.05) is 0 Å². The number of fused-ring (bicyclic) bond motifs is 3. The van der Waals surface area contributed by atoms with E-state index in [0.29, 0.717) is 10.2 Å². The highest BCUT2D eigenvalue weighted by molar-refractivity contribution is 7.89. The molecule has 0 amide bonds. The summed E-state index contributed by atoms with van der Waals surface area (Å²) in [5, 5.41) is 0.502. The van der Waals surface area contributed by atoms with Crippen LogP contribution in [-0.4, -0.2) is 23.6 Å². The second-order valence-corrected chi connectivity index (χ2v) is 7.44. The average Bonchev–Trinajstić information content (AvgIpc) is 2.66. The SMILES string of the molecule is CS(=O)(=O)n1cnc2sc3c(c2c1=O)CCCC3. The van der Waals surface area contributed by atoms with Crippen molar-refractivity contribution in [1.82, 2.24) is 8.96 Å². The third kappa shape index (κ3) is 1.69. The van der Waals surface area contributed by atoms with Crippen molar-refractivity contribution >= 4 is 31.6 Å². The van der Waals surface area contributed by atoms with Crippen LogP contribution < -0.4 is 5.56 Å². The van der Waals surface area contributed by atoms with Gasteiger partial charge in [-0.15, -0.1) is 11.3 Å². The van der Waals surface area contributed by atoms with Gasteiger partial charge in [0.25, 0.3) is 5.56 Å². The largest absolute Gasteiger partial charge is 0.276 e. The first-order chi connectivity index (χ1) is 8.48. The zero-order valence-corrected chi connectivity index (χ0v) is 11.5. The molecule has 96 valence electrons. The molecule has 0 aliphatic heterocycles. The Kier molecular flexibility index (Phi) is 2.56. The van der Waals surface area contributed by atoms with Crippen molar-refractivity contribution in [2.24, 2.45) is 0 Å². The predicted octanol–water partition coefficient (Wildman–Crippen LogP) is 1.14. The van der Waals surface area contributed by atoms with E-state index < -0.39 is 15.6 Å². The first kappa shape index (κ1) is 11.9. The van der Waals surface area contributed by atoms with Gasteiger partial charge in [0.05, 0.1) is 11.6 Å². The van der Waals surface area contributed by atoms with Crippen LogP contribution in [0.5, 0.6) is 0 Å². The van der Waals surface area contributed by atoms with Gasteiger partial charge >= 0.3 is 0 Å². The van der Waals surface area contributed by atoms with Gasteiger partial charge in [-0.25, -0.2) is 13.4 Å². The average molecular weight is 284 g/mol. The minimum Gasteiger partial charge on any atom is -0.267 e. The van der Waals surface area contributed by atoms with E-state index in [9.17, 15) is 13.2 Å². The first-order valence-corrected chi connectivity index (χ1v) is 8.37. The molecule has 2 aromatic rings. The molecule has 2 aromatic heterocycles. The summed E-state index contributed by atoms with van der Waals surface area (Å²) in [4.78, 5) is 18.2. The molecular formula is C11H12N2O3S2. The molecule has 0 atom stereocenters. The lowest BCUT2D eigenvalue weighted by Crippen LogP contribution is -2.26. The summed E-state index contributed by atoms with van der Waals surface area (Å²) in [6.07, 6.45) is 6.11. The Bertz CT molecular complexity index is 786. The maximum Gasteiger partial charge on any atom is 0.276 e. The summed E-state index contributed by atoms with van der Waals surface area (Å²) in [5.74, 6) is 0. The van der Waals surface area contributed by atoms with Gasteiger partial charge in [-0.2, -0.15) is 3.97 Å². The Labute approximate surface area is 108 Å². The molecule has 0 bridgehead atoms. The predicted molar refractivity (Wildman–Crippen MR) is 70.8 cm³/mol. The smallest absolute Gasteiger partial charge is 0.267 e. The number of aryl methyl sites for hydroxylation is 2. The number of thiophene rings is 1. The zero-order valence-electron chi connectivity index (χ0n) is 9.84. The van der Waals surface area contributed by atoms with Gasteiger partial charge in [0.1, 0.15) is 11.2 Å². The highest BCUT2D eigenvalue weighted by Gasteiger charge is 2.21. The Balaban J connectivity index is 2.42. The molecule has 2 heterocycles. The molecule has 18 heavy (non-hydrogen) atoms. The molecule has 0 fully saturated rings. The standard InChI is InChI=1S/C11H12N2O3S2/c1-18(15,16)13-6-12-10-9(11(13)14)7-4-2-3-5-8(7)17-10/h6H,2-5H2,1H3. The second-order valence-electron chi connectivity index (χ2n) is 4.50. The van der Waals surface area contributed by atoms with E-state index in [2.05, 4.69) is 4.98 Å². The van der Waals surface area contributed by atoms with Crippen LogP contribution in [0.3, 0.4) is 0 Å². The van der Waals surface area contributed by atoms with Crippen LogP contribution in [0.25, 0.3) is 10.2 Å². The number of aromatic nitrogens is 2. The van der Waals surface area contributed by atoms with Gasteiger partial charge in [0.2, 0.25) is 10.0 Å². The lowest BCUT2D eigenvalue weighted by atomic mass is 9.97. The minimum absolute atomic E-state index is 0.457. The lowest BCUT2D eigenvalue weighted by Gasteiger charge is -2.10. The fraction of sp³-hybridized carbons (Fsp3) is 0.455. The number of nitrogens with zero attached hydrogens (tertiary/aromatic N) is 2. The second kappa shape index (κ2) is 3.89. The molecule has 0 aromatic carbocycles. The van der Waals surface area contributed by atoms with Gasteiger partial charge in [0, 0.05) is 4.88 Å². The summed E-state index contributed by atoms with van der Waals surface area (Å²) in [7, 11) is -3.58. The molecule has 0 unspecified atom stereocenters. The van der Waals surface area contributed by atoms with E-state index in [4.69, 9.17) is 0 Å². The molecule has 1 aliphatic rings. The fourth-order valence-electron chi connectivity index (χ4n) is 2.37. The third-order valence-corrected chi connectivity index (χ3v) is 5.38. The van der Waals surface area contributed by atoms with Crippen LogP contribution >= 0.6 is 11.3 Å². The van der Waals surface area contributed by atoms with E-state index in [1.54, 1.807) is 0 Å². The van der Waals surface area contributed by atoms with Crippen molar-refractivity contribution < 1.29 is 8.42 Å². The van der Waals surface area contributed by atoms with Gasteiger partial charge in [0.15, 0.2) is 0 Å². The molecular weight excluding hydrogens is 272 g/mol. The minimum atomic E-state index is -3.58. The quantitative estimate of drug-likeness (QED) is 0.787. The van der Waals surface area contributed by atoms with Gasteiger partial charge in [-0.3, -0.25) is 4.79 Å². The van der Waals surface area contributed by atoms with Crippen molar-refractivity contribution in [3.05, 3.63) is 27.1 Å². The molecule has 0 saturated carbocycles. The molecule has 0 spiro atoms. The van der Waals surface area contributed by atoms with Crippen molar-refractivity contribution in [3.8, 4) is 0 Å². The highest BCUT2D eigenvalue weighted by atomic mass is 32.2. The van der Waals surface area contributed by atoms with Gasteiger partial charge < -0.3 is 0 Å². The molecule has 5 nitrogen and oxygen atoms in total. The van der Waals surface area contributed by atoms with Gasteiger partial charge in [-0.05, 0) is 31.2 Å². The third-order valence-electron chi connectivity index (χ3n) is 3.20. The molecule has 3 rings (SSSR count). The van der Waals surface area contributed by atoms with E-state index in [0.717, 1.165) is 47.8 Å². The van der Waals surface area contributed by atoms with Crippen molar-refractivity contribution in [3.63, 3.8) is 0 Å². The molecule has 1 aliphatic carbocycles. The first-order valence-electron chi connectivity index (χ1n) is 5.71. The maximum absolute atomic E-state index is 12.3. The number of rotatable bonds is 1. The Hall–Kier alpha value is -1.21. The Morgan fingerprint density at radius 2 is 2.06 bits per heavy atom. The van der Waals surface area contributed by atoms with Crippen molar-refractivity contribution in [2.45, 2.75) is 25.7 Å². The van der Waals surface area contributed by atoms with E-state index in [1.165, 1.54) is 16.2 Å². The van der Waals surface area contributed by atoms with E-state index >= 15 is 0 Å². The van der Waals surface area contributed by atoms with Crippen molar-refractivity contribution in [1.29, 1.82) is 0 Å². The summed E-state index contributed by atoms with van der Waals surface area (Å²) < 4.78 is 23.8. The molecule has 0 saturated heterocycles. The Morgan fingerprint density at radius 1 is 1.33 bits per heavy atom. The lowest BCUT2D eigenvalue weighted by molar-refractivity contribution is 0.591. The van der Waals surface area contributed by atoms with E-state index in [-0.39, 0.29) is 0 Å². The van der Waals surface area contributed by atoms with Crippen LogP contribution in [0, 0.1) is 0 Å². The van der Waals surface area contributed by atoms with Crippen LogP contribution in [0.1, 0.15) is 23.3 Å². The summed E-state index contributed by atoms with van der Waals surface area (Å²) in [6.45, 7) is 0. The topological polar surface area (TPSA) is 69.0 Å². The fourth-order valence-corrected chi connectivity index (χ4v) is 4.20. The summed E-state index contributed by atoms with van der Waals surface area (Å²) in [6, 6.07) is 0. The normalized spacial score (nSPS) is 15.8.